The molecule has 96 valence electrons. The largest absolute Gasteiger partial charge is 0.383 e. The van der Waals surface area contributed by atoms with Crippen LogP contribution in [0.4, 0.5) is 16.8 Å². The molecule has 0 atom stereocenters. The molecule has 7 nitrogen and oxygen atoms in total. The summed E-state index contributed by atoms with van der Waals surface area (Å²) in [5, 5.41) is 13.5. The first-order valence-corrected chi connectivity index (χ1v) is 7.06. The highest BCUT2D eigenvalue weighted by Crippen LogP contribution is 2.24. The van der Waals surface area contributed by atoms with Crippen molar-refractivity contribution in [2.24, 2.45) is 0 Å². The van der Waals surface area contributed by atoms with E-state index in [2.05, 4.69) is 25.5 Å². The summed E-state index contributed by atoms with van der Waals surface area (Å²) in [4.78, 5) is 8.17. The van der Waals surface area contributed by atoms with Gasteiger partial charge in [0.1, 0.15) is 16.6 Å². The Morgan fingerprint density at radius 1 is 1.28 bits per heavy atom. The van der Waals surface area contributed by atoms with Crippen molar-refractivity contribution in [2.75, 3.05) is 23.3 Å². The Balaban J connectivity index is 1.97. The number of nitrogens with zero attached hydrogens (tertiary/aromatic N) is 4. The molecule has 0 fully saturated rings. The van der Waals surface area contributed by atoms with Crippen molar-refractivity contribution < 1.29 is 0 Å². The highest BCUT2D eigenvalue weighted by molar-refractivity contribution is 7.98. The number of thioether (sulfide) groups is 1. The Morgan fingerprint density at radius 2 is 2.00 bits per heavy atom. The van der Waals surface area contributed by atoms with Crippen LogP contribution in [0.5, 0.6) is 0 Å². The second-order valence-corrected chi connectivity index (χ2v) is 5.32. The van der Waals surface area contributed by atoms with E-state index in [4.69, 9.17) is 11.5 Å². The molecule has 9 heteroatoms. The molecule has 0 aromatic carbocycles. The molecule has 18 heavy (non-hydrogen) atoms. The van der Waals surface area contributed by atoms with Gasteiger partial charge in [0.25, 0.3) is 0 Å². The Morgan fingerprint density at radius 3 is 2.67 bits per heavy atom. The third-order valence-corrected chi connectivity index (χ3v) is 3.79. The predicted molar refractivity (Wildman–Crippen MR) is 74.5 cm³/mol. The van der Waals surface area contributed by atoms with Crippen LogP contribution in [0.25, 0.3) is 0 Å². The molecule has 0 radical (unpaired) electrons. The van der Waals surface area contributed by atoms with Gasteiger partial charge in [0.05, 0.1) is 5.75 Å². The Labute approximate surface area is 112 Å². The first kappa shape index (κ1) is 12.8. The van der Waals surface area contributed by atoms with Crippen molar-refractivity contribution >= 4 is 39.9 Å². The summed E-state index contributed by atoms with van der Waals surface area (Å²) in [5.41, 5.74) is 11.2. The molecular formula is C9H13N7S2. The highest BCUT2D eigenvalue weighted by atomic mass is 32.2. The smallest absolute Gasteiger partial charge is 0.205 e. The zero-order valence-corrected chi connectivity index (χ0v) is 11.4. The van der Waals surface area contributed by atoms with Gasteiger partial charge in [-0.3, -0.25) is 0 Å². The third kappa shape index (κ3) is 3.44. The van der Waals surface area contributed by atoms with E-state index in [9.17, 15) is 0 Å². The van der Waals surface area contributed by atoms with Gasteiger partial charge in [-0.15, -0.1) is 10.2 Å². The third-order valence-electron chi connectivity index (χ3n) is 1.86. The molecule has 2 rings (SSSR count). The lowest BCUT2D eigenvalue weighted by Gasteiger charge is -2.00. The van der Waals surface area contributed by atoms with Crippen molar-refractivity contribution in [3.05, 3.63) is 11.1 Å². The summed E-state index contributed by atoms with van der Waals surface area (Å²) < 4.78 is 0. The Bertz CT molecular complexity index is 507. The molecule has 2 heterocycles. The number of hydrogen-bond donors (Lipinski definition) is 3. The van der Waals surface area contributed by atoms with E-state index in [0.717, 1.165) is 16.7 Å². The van der Waals surface area contributed by atoms with Gasteiger partial charge in [-0.1, -0.05) is 23.1 Å². The molecule has 0 aliphatic rings. The van der Waals surface area contributed by atoms with E-state index in [-0.39, 0.29) is 0 Å². The second-order valence-electron chi connectivity index (χ2n) is 3.32. The molecule has 0 spiro atoms. The lowest BCUT2D eigenvalue weighted by Crippen LogP contribution is -1.99. The fraction of sp³-hybridized carbons (Fsp3) is 0.333. The molecule has 0 saturated carbocycles. The number of hydrogen-bond acceptors (Lipinski definition) is 9. The SMILES string of the molecule is CCNc1nnc(CSc2nc(N)cc(N)n2)s1. The van der Waals surface area contributed by atoms with Crippen molar-refractivity contribution in [2.45, 2.75) is 17.8 Å². The van der Waals surface area contributed by atoms with Crippen molar-refractivity contribution in [3.8, 4) is 0 Å². The zero-order valence-electron chi connectivity index (χ0n) is 9.75. The molecule has 0 amide bonds. The summed E-state index contributed by atoms with van der Waals surface area (Å²) in [5.74, 6) is 1.39. The van der Waals surface area contributed by atoms with Crippen LogP contribution < -0.4 is 16.8 Å². The maximum atomic E-state index is 5.59. The molecular weight excluding hydrogens is 270 g/mol. The molecule has 0 bridgehead atoms. The van der Waals surface area contributed by atoms with Crippen LogP contribution in [0.2, 0.25) is 0 Å². The van der Waals surface area contributed by atoms with Gasteiger partial charge in [0.15, 0.2) is 5.16 Å². The highest BCUT2D eigenvalue weighted by Gasteiger charge is 2.06. The van der Waals surface area contributed by atoms with Gasteiger partial charge in [-0.05, 0) is 6.92 Å². The Kier molecular flexibility index (Phi) is 4.15. The average molecular weight is 283 g/mol. The maximum absolute atomic E-state index is 5.59. The monoisotopic (exact) mass is 283 g/mol. The van der Waals surface area contributed by atoms with Crippen LogP contribution in [-0.2, 0) is 5.75 Å². The molecule has 2 aromatic heterocycles. The zero-order chi connectivity index (χ0) is 13.0. The quantitative estimate of drug-likeness (QED) is 0.554. The maximum Gasteiger partial charge on any atom is 0.205 e. The first-order valence-electron chi connectivity index (χ1n) is 5.26. The molecule has 2 aromatic rings. The minimum absolute atomic E-state index is 0.371. The van der Waals surface area contributed by atoms with E-state index in [0.29, 0.717) is 22.5 Å². The first-order chi connectivity index (χ1) is 8.67. The van der Waals surface area contributed by atoms with Crippen LogP contribution in [-0.4, -0.2) is 26.7 Å². The summed E-state index contributed by atoms with van der Waals surface area (Å²) in [6.07, 6.45) is 0. The van der Waals surface area contributed by atoms with E-state index in [1.807, 2.05) is 6.92 Å². The summed E-state index contributed by atoms with van der Waals surface area (Å²) in [6, 6.07) is 1.53. The second kappa shape index (κ2) is 5.83. The van der Waals surface area contributed by atoms with Gasteiger partial charge in [0.2, 0.25) is 5.13 Å². The van der Waals surface area contributed by atoms with E-state index in [1.54, 1.807) is 0 Å². The Hall–Kier alpha value is -1.61. The van der Waals surface area contributed by atoms with Crippen LogP contribution in [0.1, 0.15) is 11.9 Å². The molecule has 0 unspecified atom stereocenters. The topological polar surface area (TPSA) is 116 Å². The normalized spacial score (nSPS) is 10.5. The molecule has 0 aliphatic carbocycles. The van der Waals surface area contributed by atoms with Crippen LogP contribution in [0.15, 0.2) is 11.2 Å². The molecule has 0 aliphatic heterocycles. The van der Waals surface area contributed by atoms with Gasteiger partial charge in [0, 0.05) is 12.6 Å². The van der Waals surface area contributed by atoms with Crippen molar-refractivity contribution in [1.29, 1.82) is 0 Å². The fourth-order valence-corrected chi connectivity index (χ4v) is 2.85. The summed E-state index contributed by atoms with van der Waals surface area (Å²) in [7, 11) is 0. The van der Waals surface area contributed by atoms with Crippen molar-refractivity contribution in [1.82, 2.24) is 20.2 Å². The summed E-state index contributed by atoms with van der Waals surface area (Å²) in [6.45, 7) is 2.84. The molecule has 5 N–H and O–H groups in total. The predicted octanol–water partition coefficient (Wildman–Crippen LogP) is 1.22. The van der Waals surface area contributed by atoms with E-state index in [1.165, 1.54) is 29.2 Å². The van der Waals surface area contributed by atoms with Gasteiger partial charge >= 0.3 is 0 Å². The number of rotatable bonds is 5. The number of nitrogens with two attached hydrogens (primary N) is 2. The van der Waals surface area contributed by atoms with Crippen LogP contribution >= 0.6 is 23.1 Å². The number of anilines is 3. The van der Waals surface area contributed by atoms with Gasteiger partial charge < -0.3 is 16.8 Å². The van der Waals surface area contributed by atoms with Crippen LogP contribution in [0.3, 0.4) is 0 Å². The number of nitrogen functional groups attached to an aromatic ring is 2. The lowest BCUT2D eigenvalue weighted by atomic mass is 10.5. The van der Waals surface area contributed by atoms with Crippen LogP contribution in [0, 0.1) is 0 Å². The number of nitrogens with one attached hydrogen (secondary N) is 1. The average Bonchev–Trinajstić information content (AvgIpc) is 2.74. The standard InChI is InChI=1S/C9H13N7S2/c1-2-12-8-16-15-7(18-8)4-17-9-13-5(10)3-6(11)14-9/h3H,2,4H2,1H3,(H,12,16)(H4,10,11,13,14). The molecule has 0 saturated heterocycles. The minimum Gasteiger partial charge on any atom is -0.383 e. The van der Waals surface area contributed by atoms with E-state index < -0.39 is 0 Å². The van der Waals surface area contributed by atoms with Crippen molar-refractivity contribution in [3.63, 3.8) is 0 Å². The van der Waals surface area contributed by atoms with E-state index >= 15 is 0 Å². The van der Waals surface area contributed by atoms with Gasteiger partial charge in [-0.25, -0.2) is 9.97 Å². The lowest BCUT2D eigenvalue weighted by molar-refractivity contribution is 0.978. The number of aromatic nitrogens is 4. The summed E-state index contributed by atoms with van der Waals surface area (Å²) >= 11 is 2.94. The van der Waals surface area contributed by atoms with Gasteiger partial charge in [-0.2, -0.15) is 0 Å². The fourth-order valence-electron chi connectivity index (χ4n) is 1.19. The minimum atomic E-state index is 0.371.